The van der Waals surface area contributed by atoms with E-state index in [9.17, 15) is 4.79 Å². The predicted octanol–water partition coefficient (Wildman–Crippen LogP) is -0.625. The number of carbonyl (C=O) groups is 1. The quantitative estimate of drug-likeness (QED) is 0.460. The van der Waals surface area contributed by atoms with Crippen molar-refractivity contribution in [1.82, 2.24) is 10.2 Å². The van der Waals surface area contributed by atoms with E-state index in [0.29, 0.717) is 13.1 Å². The van der Waals surface area contributed by atoms with Crippen LogP contribution in [0.25, 0.3) is 0 Å². The molecule has 0 aliphatic carbocycles. The van der Waals surface area contributed by atoms with Crippen LogP contribution in [0.3, 0.4) is 0 Å². The van der Waals surface area contributed by atoms with Crippen LogP contribution < -0.4 is 5.32 Å². The van der Waals surface area contributed by atoms with Crippen LogP contribution in [0.1, 0.15) is 0 Å². The van der Waals surface area contributed by atoms with Gasteiger partial charge >= 0.3 is 0 Å². The molecule has 0 spiro atoms. The van der Waals surface area contributed by atoms with Gasteiger partial charge in [-0.25, -0.2) is 0 Å². The number of nitrogens with one attached hydrogen (secondary N) is 1. The van der Waals surface area contributed by atoms with E-state index in [1.54, 1.807) is 11.9 Å². The third kappa shape index (κ3) is 1.38. The van der Waals surface area contributed by atoms with Gasteiger partial charge in [0.05, 0.1) is 18.1 Å². The minimum atomic E-state index is 0.101. The van der Waals surface area contributed by atoms with Crippen LogP contribution >= 0.6 is 12.2 Å². The lowest BCUT2D eigenvalue weighted by molar-refractivity contribution is -0.128. The largest absolute Gasteiger partial charge is 0.369 e. The highest BCUT2D eigenvalue weighted by Gasteiger charge is 2.15. The van der Waals surface area contributed by atoms with Crippen LogP contribution in [0.4, 0.5) is 0 Å². The zero-order valence-electron chi connectivity index (χ0n) is 5.18. The topological polar surface area (TPSA) is 32.3 Å². The Morgan fingerprint density at radius 1 is 1.78 bits per heavy atom. The third-order valence-corrected chi connectivity index (χ3v) is 1.52. The fourth-order valence-electron chi connectivity index (χ4n) is 0.669. The summed E-state index contributed by atoms with van der Waals surface area (Å²) >= 11 is 4.83. The first-order valence-corrected chi connectivity index (χ1v) is 3.11. The van der Waals surface area contributed by atoms with Crippen molar-refractivity contribution in [2.24, 2.45) is 0 Å². The predicted molar refractivity (Wildman–Crippen MR) is 38.2 cm³/mol. The molecule has 0 aromatic rings. The van der Waals surface area contributed by atoms with Gasteiger partial charge in [-0.05, 0) is 0 Å². The average molecular weight is 144 g/mol. The molecule has 1 aliphatic heterocycles. The lowest BCUT2D eigenvalue weighted by atomic mass is 10.4. The monoisotopic (exact) mass is 144 g/mol. The molecular formula is C5H8N2OS. The minimum Gasteiger partial charge on any atom is -0.369 e. The van der Waals surface area contributed by atoms with Gasteiger partial charge in [-0.1, -0.05) is 12.2 Å². The van der Waals surface area contributed by atoms with Gasteiger partial charge in [-0.15, -0.1) is 0 Å². The van der Waals surface area contributed by atoms with Crippen LogP contribution in [0.5, 0.6) is 0 Å². The van der Waals surface area contributed by atoms with Crippen molar-refractivity contribution in [3.63, 3.8) is 0 Å². The maximum absolute atomic E-state index is 10.7. The molecule has 1 heterocycles. The standard InChI is InChI=1S/C5H8N2OS/c1-7-3-4(9)6-2-5(7)8/h2-3H2,1H3,(H,6,9). The molecule has 1 N–H and O–H groups in total. The Labute approximate surface area is 59.0 Å². The van der Waals surface area contributed by atoms with E-state index in [1.807, 2.05) is 0 Å². The summed E-state index contributed by atoms with van der Waals surface area (Å²) in [6.45, 7) is 0.920. The van der Waals surface area contributed by atoms with Gasteiger partial charge in [-0.3, -0.25) is 4.79 Å². The van der Waals surface area contributed by atoms with E-state index in [0.717, 1.165) is 4.99 Å². The number of thiocarbonyl (C=S) groups is 1. The molecule has 9 heavy (non-hydrogen) atoms. The van der Waals surface area contributed by atoms with Crippen molar-refractivity contribution >= 4 is 23.1 Å². The minimum absolute atomic E-state index is 0.101. The van der Waals surface area contributed by atoms with Crippen molar-refractivity contribution in [2.45, 2.75) is 0 Å². The number of amides is 1. The summed E-state index contributed by atoms with van der Waals surface area (Å²) < 4.78 is 0. The lowest BCUT2D eigenvalue weighted by Gasteiger charge is -2.23. The van der Waals surface area contributed by atoms with Crippen LogP contribution in [-0.4, -0.2) is 35.9 Å². The van der Waals surface area contributed by atoms with Crippen molar-refractivity contribution < 1.29 is 4.79 Å². The summed E-state index contributed by atoms with van der Waals surface area (Å²) in [6, 6.07) is 0. The fourth-order valence-corrected chi connectivity index (χ4v) is 0.934. The molecule has 0 atom stereocenters. The summed E-state index contributed by atoms with van der Waals surface area (Å²) in [5.74, 6) is 0.101. The first-order chi connectivity index (χ1) is 4.20. The SMILES string of the molecule is CN1CC(=S)NCC1=O. The van der Waals surface area contributed by atoms with Gasteiger partial charge in [0.2, 0.25) is 5.91 Å². The second-order valence-electron chi connectivity index (χ2n) is 2.03. The highest BCUT2D eigenvalue weighted by Crippen LogP contribution is 1.90. The van der Waals surface area contributed by atoms with Crippen molar-refractivity contribution in [2.75, 3.05) is 20.1 Å². The Kier molecular flexibility index (Phi) is 1.66. The molecule has 0 aromatic carbocycles. The molecule has 1 fully saturated rings. The smallest absolute Gasteiger partial charge is 0.242 e. The number of rotatable bonds is 0. The molecule has 0 radical (unpaired) electrons. The Hall–Kier alpha value is -0.640. The maximum Gasteiger partial charge on any atom is 0.242 e. The zero-order chi connectivity index (χ0) is 6.85. The molecule has 3 nitrogen and oxygen atoms in total. The van der Waals surface area contributed by atoms with Gasteiger partial charge in [0.15, 0.2) is 0 Å². The van der Waals surface area contributed by atoms with E-state index >= 15 is 0 Å². The third-order valence-electron chi connectivity index (χ3n) is 1.24. The molecule has 4 heteroatoms. The summed E-state index contributed by atoms with van der Waals surface area (Å²) in [6.07, 6.45) is 0. The first-order valence-electron chi connectivity index (χ1n) is 2.71. The van der Waals surface area contributed by atoms with E-state index in [2.05, 4.69) is 5.32 Å². The first kappa shape index (κ1) is 6.48. The van der Waals surface area contributed by atoms with E-state index in [-0.39, 0.29) is 5.91 Å². The number of hydrogen-bond acceptors (Lipinski definition) is 2. The number of likely N-dealkylation sites (N-methyl/N-ethyl adjacent to an activating group) is 1. The molecule has 0 bridgehead atoms. The fraction of sp³-hybridized carbons (Fsp3) is 0.600. The second kappa shape index (κ2) is 2.31. The number of hydrogen-bond donors (Lipinski definition) is 1. The van der Waals surface area contributed by atoms with Crippen molar-refractivity contribution in [1.29, 1.82) is 0 Å². The number of carbonyl (C=O) groups excluding carboxylic acids is 1. The van der Waals surface area contributed by atoms with Gasteiger partial charge in [0, 0.05) is 7.05 Å². The van der Waals surface area contributed by atoms with Crippen molar-refractivity contribution in [3.05, 3.63) is 0 Å². The molecule has 1 saturated heterocycles. The summed E-state index contributed by atoms with van der Waals surface area (Å²) in [4.78, 5) is 13.1. The van der Waals surface area contributed by atoms with E-state index in [4.69, 9.17) is 12.2 Å². The Morgan fingerprint density at radius 3 is 2.89 bits per heavy atom. The summed E-state index contributed by atoms with van der Waals surface area (Å²) in [5, 5.41) is 2.80. The second-order valence-corrected chi connectivity index (χ2v) is 2.52. The van der Waals surface area contributed by atoms with Gasteiger partial charge < -0.3 is 10.2 Å². The maximum atomic E-state index is 10.7. The Bertz CT molecular complexity index is 157. The zero-order valence-corrected chi connectivity index (χ0v) is 5.99. The molecular weight excluding hydrogens is 136 g/mol. The Morgan fingerprint density at radius 2 is 2.44 bits per heavy atom. The summed E-state index contributed by atoms with van der Waals surface area (Å²) in [5.41, 5.74) is 0. The van der Waals surface area contributed by atoms with Gasteiger partial charge in [-0.2, -0.15) is 0 Å². The van der Waals surface area contributed by atoms with Gasteiger partial charge in [0.25, 0.3) is 0 Å². The molecule has 1 amide bonds. The lowest BCUT2D eigenvalue weighted by Crippen LogP contribution is -2.48. The molecule has 50 valence electrons. The number of nitrogens with zero attached hydrogens (tertiary/aromatic N) is 1. The van der Waals surface area contributed by atoms with Crippen LogP contribution in [0.15, 0.2) is 0 Å². The molecule has 0 unspecified atom stereocenters. The highest BCUT2D eigenvalue weighted by atomic mass is 32.1. The molecule has 1 aliphatic rings. The van der Waals surface area contributed by atoms with Crippen LogP contribution in [0.2, 0.25) is 0 Å². The summed E-state index contributed by atoms with van der Waals surface area (Å²) in [7, 11) is 1.75. The van der Waals surface area contributed by atoms with E-state index in [1.165, 1.54) is 0 Å². The Balaban J connectivity index is 2.54. The average Bonchev–Trinajstić information content (AvgIpc) is 1.80. The van der Waals surface area contributed by atoms with Crippen LogP contribution in [0, 0.1) is 0 Å². The van der Waals surface area contributed by atoms with E-state index < -0.39 is 0 Å². The normalized spacial score (nSPS) is 19.9. The molecule has 0 aromatic heterocycles. The molecule has 1 rings (SSSR count). The number of piperazine rings is 1. The van der Waals surface area contributed by atoms with Crippen LogP contribution in [-0.2, 0) is 4.79 Å². The van der Waals surface area contributed by atoms with Gasteiger partial charge in [0.1, 0.15) is 0 Å². The van der Waals surface area contributed by atoms with Crippen molar-refractivity contribution in [3.8, 4) is 0 Å². The molecule has 0 saturated carbocycles. The highest BCUT2D eigenvalue weighted by molar-refractivity contribution is 7.80.